The SMILES string of the molecule is CC(I)N1CCN(C)CC1=O. The highest BCUT2D eigenvalue weighted by Gasteiger charge is 2.23. The van der Waals surface area contributed by atoms with Crippen LogP contribution in [-0.4, -0.2) is 46.4 Å². The van der Waals surface area contributed by atoms with Crippen LogP contribution in [0.5, 0.6) is 0 Å². The lowest BCUT2D eigenvalue weighted by Gasteiger charge is -2.33. The van der Waals surface area contributed by atoms with Gasteiger partial charge in [0.05, 0.1) is 10.6 Å². The molecule has 1 aliphatic rings. The Labute approximate surface area is 80.9 Å². The molecule has 0 N–H and O–H groups in total. The van der Waals surface area contributed by atoms with E-state index in [2.05, 4.69) is 27.5 Å². The summed E-state index contributed by atoms with van der Waals surface area (Å²) >= 11 is 2.27. The third-order valence-corrected chi connectivity index (χ3v) is 2.55. The Morgan fingerprint density at radius 1 is 1.55 bits per heavy atom. The predicted molar refractivity (Wildman–Crippen MR) is 52.7 cm³/mol. The fourth-order valence-corrected chi connectivity index (χ4v) is 1.77. The Morgan fingerprint density at radius 3 is 2.64 bits per heavy atom. The van der Waals surface area contributed by atoms with Crippen molar-refractivity contribution in [2.75, 3.05) is 26.7 Å². The quantitative estimate of drug-likeness (QED) is 0.394. The van der Waals surface area contributed by atoms with Crippen molar-refractivity contribution in [1.82, 2.24) is 9.80 Å². The van der Waals surface area contributed by atoms with Crippen LogP contribution < -0.4 is 0 Å². The lowest BCUT2D eigenvalue weighted by atomic mass is 10.3. The number of likely N-dealkylation sites (N-methyl/N-ethyl adjacent to an activating group) is 1. The van der Waals surface area contributed by atoms with Gasteiger partial charge in [-0.2, -0.15) is 0 Å². The van der Waals surface area contributed by atoms with Crippen molar-refractivity contribution in [1.29, 1.82) is 0 Å². The van der Waals surface area contributed by atoms with Crippen LogP contribution in [0.2, 0.25) is 0 Å². The first kappa shape index (κ1) is 9.25. The molecule has 1 heterocycles. The zero-order chi connectivity index (χ0) is 8.43. The predicted octanol–water partition coefficient (Wildman–Crippen LogP) is 0.541. The Bertz CT molecular complexity index is 161. The number of nitrogens with zero attached hydrogens (tertiary/aromatic N) is 2. The first-order valence-corrected chi connectivity index (χ1v) is 4.98. The molecule has 3 nitrogen and oxygen atoms in total. The number of carbonyl (C=O) groups excluding carboxylic acids is 1. The molecule has 0 spiro atoms. The van der Waals surface area contributed by atoms with Crippen LogP contribution >= 0.6 is 22.6 Å². The average molecular weight is 268 g/mol. The van der Waals surface area contributed by atoms with E-state index in [0.717, 1.165) is 13.1 Å². The van der Waals surface area contributed by atoms with Gasteiger partial charge in [0.1, 0.15) is 0 Å². The second-order valence-electron chi connectivity index (χ2n) is 2.90. The highest BCUT2D eigenvalue weighted by molar-refractivity contribution is 14.1. The molecular weight excluding hydrogens is 255 g/mol. The van der Waals surface area contributed by atoms with Crippen LogP contribution in [0.4, 0.5) is 0 Å². The van der Waals surface area contributed by atoms with Crippen LogP contribution in [0.1, 0.15) is 6.92 Å². The molecule has 0 aliphatic carbocycles. The number of rotatable bonds is 1. The highest BCUT2D eigenvalue weighted by Crippen LogP contribution is 2.10. The van der Waals surface area contributed by atoms with Crippen molar-refractivity contribution in [3.8, 4) is 0 Å². The van der Waals surface area contributed by atoms with E-state index in [0.29, 0.717) is 10.6 Å². The number of piperazine rings is 1. The summed E-state index contributed by atoms with van der Waals surface area (Å²) in [5, 5.41) is 0. The van der Waals surface area contributed by atoms with Crippen molar-refractivity contribution in [2.45, 2.75) is 11.0 Å². The van der Waals surface area contributed by atoms with Crippen molar-refractivity contribution in [2.24, 2.45) is 0 Å². The molecule has 1 amide bonds. The zero-order valence-electron chi connectivity index (χ0n) is 6.88. The van der Waals surface area contributed by atoms with E-state index in [9.17, 15) is 4.79 Å². The van der Waals surface area contributed by atoms with E-state index in [1.165, 1.54) is 0 Å². The summed E-state index contributed by atoms with van der Waals surface area (Å²) in [5.74, 6) is 0.251. The molecule has 1 unspecified atom stereocenters. The van der Waals surface area contributed by atoms with Crippen molar-refractivity contribution in [3.63, 3.8) is 0 Å². The lowest BCUT2D eigenvalue weighted by molar-refractivity contribution is -0.135. The smallest absolute Gasteiger partial charge is 0.237 e. The molecule has 64 valence electrons. The maximum Gasteiger partial charge on any atom is 0.237 e. The van der Waals surface area contributed by atoms with Gasteiger partial charge < -0.3 is 4.90 Å². The van der Waals surface area contributed by atoms with Gasteiger partial charge in [0.25, 0.3) is 0 Å². The van der Waals surface area contributed by atoms with Gasteiger partial charge in [-0.1, -0.05) is 22.6 Å². The van der Waals surface area contributed by atoms with Gasteiger partial charge >= 0.3 is 0 Å². The van der Waals surface area contributed by atoms with Crippen LogP contribution in [0.3, 0.4) is 0 Å². The maximum atomic E-state index is 11.3. The molecule has 0 aromatic rings. The first-order valence-electron chi connectivity index (χ1n) is 3.73. The molecule has 0 bridgehead atoms. The largest absolute Gasteiger partial charge is 0.329 e. The molecular formula is C7H13IN2O. The molecule has 0 aromatic heterocycles. The van der Waals surface area contributed by atoms with Gasteiger partial charge in [-0.05, 0) is 14.0 Å². The zero-order valence-corrected chi connectivity index (χ0v) is 9.04. The Kier molecular flexibility index (Phi) is 3.12. The molecule has 1 fully saturated rings. The fraction of sp³-hybridized carbons (Fsp3) is 0.857. The topological polar surface area (TPSA) is 23.6 Å². The van der Waals surface area contributed by atoms with E-state index in [1.54, 1.807) is 0 Å². The molecule has 1 atom stereocenters. The van der Waals surface area contributed by atoms with Gasteiger partial charge in [0.2, 0.25) is 5.91 Å². The van der Waals surface area contributed by atoms with E-state index >= 15 is 0 Å². The molecule has 1 saturated heterocycles. The van der Waals surface area contributed by atoms with Gasteiger partial charge in [-0.15, -0.1) is 0 Å². The number of amides is 1. The van der Waals surface area contributed by atoms with Crippen LogP contribution in [-0.2, 0) is 4.79 Å². The van der Waals surface area contributed by atoms with Gasteiger partial charge in [0.15, 0.2) is 0 Å². The van der Waals surface area contributed by atoms with E-state index < -0.39 is 0 Å². The summed E-state index contributed by atoms with van der Waals surface area (Å²) in [4.78, 5) is 15.3. The molecule has 0 aromatic carbocycles. The van der Waals surface area contributed by atoms with Gasteiger partial charge in [0, 0.05) is 13.1 Å². The number of hydrogen-bond acceptors (Lipinski definition) is 2. The van der Waals surface area contributed by atoms with Crippen LogP contribution in [0.25, 0.3) is 0 Å². The summed E-state index contributed by atoms with van der Waals surface area (Å²) in [5.41, 5.74) is 0. The van der Waals surface area contributed by atoms with Crippen molar-refractivity contribution >= 4 is 28.5 Å². The standard InChI is InChI=1S/C7H13IN2O/c1-6(8)10-4-3-9(2)5-7(10)11/h6H,3-5H2,1-2H3. The first-order chi connectivity index (χ1) is 5.11. The Morgan fingerprint density at radius 2 is 2.18 bits per heavy atom. The third kappa shape index (κ3) is 2.30. The molecule has 0 radical (unpaired) electrons. The molecule has 4 heteroatoms. The van der Waals surface area contributed by atoms with Crippen LogP contribution in [0, 0.1) is 0 Å². The minimum absolute atomic E-state index is 0.251. The molecule has 0 saturated carbocycles. The average Bonchev–Trinajstić information content (AvgIpc) is 1.85. The number of halogens is 1. The minimum atomic E-state index is 0.251. The summed E-state index contributed by atoms with van der Waals surface area (Å²) in [6, 6.07) is 0. The van der Waals surface area contributed by atoms with Gasteiger partial charge in [-0.3, -0.25) is 9.69 Å². The van der Waals surface area contributed by atoms with Crippen molar-refractivity contribution in [3.05, 3.63) is 0 Å². The minimum Gasteiger partial charge on any atom is -0.329 e. The van der Waals surface area contributed by atoms with Crippen molar-refractivity contribution < 1.29 is 4.79 Å². The fourth-order valence-electron chi connectivity index (χ4n) is 1.18. The lowest BCUT2D eigenvalue weighted by Crippen LogP contribution is -2.50. The number of carbonyl (C=O) groups is 1. The molecule has 1 aliphatic heterocycles. The summed E-state index contributed by atoms with van der Waals surface area (Å²) in [7, 11) is 1.98. The third-order valence-electron chi connectivity index (χ3n) is 1.88. The highest BCUT2D eigenvalue weighted by atomic mass is 127. The molecule has 1 rings (SSSR count). The monoisotopic (exact) mass is 268 g/mol. The second-order valence-corrected chi connectivity index (χ2v) is 4.70. The second kappa shape index (κ2) is 3.71. The summed E-state index contributed by atoms with van der Waals surface area (Å²) in [6.45, 7) is 4.50. The Balaban J connectivity index is 2.51. The number of hydrogen-bond donors (Lipinski definition) is 0. The Hall–Kier alpha value is 0.160. The van der Waals surface area contributed by atoms with Gasteiger partial charge in [-0.25, -0.2) is 0 Å². The van der Waals surface area contributed by atoms with E-state index in [4.69, 9.17) is 0 Å². The number of alkyl halides is 1. The van der Waals surface area contributed by atoms with E-state index in [1.807, 2.05) is 18.9 Å². The summed E-state index contributed by atoms with van der Waals surface area (Å²) in [6.07, 6.45) is 0. The van der Waals surface area contributed by atoms with E-state index in [-0.39, 0.29) is 5.91 Å². The normalized spacial score (nSPS) is 23.9. The molecule has 11 heavy (non-hydrogen) atoms. The van der Waals surface area contributed by atoms with Crippen LogP contribution in [0.15, 0.2) is 0 Å². The maximum absolute atomic E-state index is 11.3. The summed E-state index contributed by atoms with van der Waals surface area (Å²) < 4.78 is 0.328.